The van der Waals surface area contributed by atoms with Gasteiger partial charge in [0.25, 0.3) is 5.85 Å². The average molecular weight is 723 g/mol. The Labute approximate surface area is 289 Å². The van der Waals surface area contributed by atoms with E-state index in [2.05, 4.69) is 15.1 Å². The lowest BCUT2D eigenvalue weighted by molar-refractivity contribution is -0.208. The number of carbonyl (C=O) groups is 2. The third-order valence-corrected chi connectivity index (χ3v) is 9.03. The zero-order valence-corrected chi connectivity index (χ0v) is 29.1. The Kier molecular flexibility index (Phi) is 14.2. The molecule has 2 aromatic rings. The number of aromatic nitrogens is 1. The van der Waals surface area contributed by atoms with Gasteiger partial charge in [-0.15, -0.1) is 0 Å². The van der Waals surface area contributed by atoms with Crippen LogP contribution in [0, 0.1) is 28.6 Å². The molecule has 1 aliphatic heterocycles. The van der Waals surface area contributed by atoms with Crippen molar-refractivity contribution in [3.05, 3.63) is 53.9 Å². The number of hydrogen-bond donors (Lipinski definition) is 6. The van der Waals surface area contributed by atoms with Crippen molar-refractivity contribution in [3.8, 4) is 11.8 Å². The van der Waals surface area contributed by atoms with Gasteiger partial charge in [0.15, 0.2) is 0 Å². The summed E-state index contributed by atoms with van der Waals surface area (Å²) in [6.45, 7) is 6.31. The summed E-state index contributed by atoms with van der Waals surface area (Å²) in [6, 6.07) is 10.0. The van der Waals surface area contributed by atoms with E-state index in [0.29, 0.717) is 19.2 Å². The van der Waals surface area contributed by atoms with Crippen molar-refractivity contribution < 1.29 is 52.0 Å². The molecular weight excluding hydrogens is 678 g/mol. The molecule has 1 unspecified atom stereocenters. The summed E-state index contributed by atoms with van der Waals surface area (Å²) in [5.74, 6) is -5.04. The van der Waals surface area contributed by atoms with Gasteiger partial charge in [0.1, 0.15) is 48.8 Å². The molecule has 0 aliphatic carbocycles. The number of aliphatic hydroxyl groups excluding tert-OH is 2. The highest BCUT2D eigenvalue weighted by Crippen LogP contribution is 2.50. The molecule has 18 heteroatoms. The Morgan fingerprint density at radius 2 is 1.78 bits per heavy atom. The molecule has 7 N–H and O–H groups in total. The predicted octanol–water partition coefficient (Wildman–Crippen LogP) is 3.19. The van der Waals surface area contributed by atoms with Crippen molar-refractivity contribution in [2.24, 2.45) is 22.6 Å². The number of halogens is 1. The number of H-pyrrole nitrogens is 1. The van der Waals surface area contributed by atoms with E-state index in [1.54, 1.807) is 12.1 Å². The van der Waals surface area contributed by atoms with Gasteiger partial charge in [0.05, 0.1) is 31.0 Å². The molecule has 50 heavy (non-hydrogen) atoms. The maximum Gasteiger partial charge on any atom is 0.459 e. The lowest BCUT2D eigenvalue weighted by atomic mass is 9.92. The number of alkyl halides is 1. The van der Waals surface area contributed by atoms with Crippen LogP contribution in [0.15, 0.2) is 47.5 Å². The Bertz CT molecular complexity index is 1580. The SMILES string of the molecule is CC(C)CCOC(=O)C[C@H](NP(=O)(OC[C@@]1(F)O[C@@](C#N)(c2ccc(C(N)=NC=N)[nH]2)[C@H](O)[C@@H]1O)Oc1ccccc1)C(=O)OCCC(C)C. The van der Waals surface area contributed by atoms with Crippen molar-refractivity contribution in [1.29, 1.82) is 10.7 Å². The predicted molar refractivity (Wildman–Crippen MR) is 178 cm³/mol. The highest BCUT2D eigenvalue weighted by molar-refractivity contribution is 7.52. The van der Waals surface area contributed by atoms with Gasteiger partial charge in [-0.05, 0) is 48.9 Å². The average Bonchev–Trinajstić information content (AvgIpc) is 3.63. The van der Waals surface area contributed by atoms with Crippen molar-refractivity contribution in [2.45, 2.75) is 76.7 Å². The van der Waals surface area contributed by atoms with Gasteiger partial charge in [0, 0.05) is 0 Å². The highest BCUT2D eigenvalue weighted by Gasteiger charge is 2.66. The number of aliphatic hydroxyl groups is 2. The van der Waals surface area contributed by atoms with E-state index >= 15 is 4.39 Å². The fourth-order valence-corrected chi connectivity index (χ4v) is 6.11. The number of para-hydroxylation sites is 1. The number of benzene rings is 1. The van der Waals surface area contributed by atoms with Crippen LogP contribution in [0.4, 0.5) is 4.39 Å². The Morgan fingerprint density at radius 1 is 1.14 bits per heavy atom. The number of rotatable bonds is 19. The van der Waals surface area contributed by atoms with Gasteiger partial charge in [-0.2, -0.15) is 10.3 Å². The molecule has 0 saturated carbocycles. The van der Waals surface area contributed by atoms with Crippen LogP contribution < -0.4 is 15.3 Å². The van der Waals surface area contributed by atoms with Gasteiger partial charge >= 0.3 is 19.7 Å². The number of nitrogens with two attached hydrogens (primary N) is 1. The monoisotopic (exact) mass is 722 g/mol. The van der Waals surface area contributed by atoms with Crippen LogP contribution in [0.25, 0.3) is 0 Å². The molecule has 16 nitrogen and oxygen atoms in total. The number of carbonyl (C=O) groups excluding carboxylic acids is 2. The molecule has 0 bridgehead atoms. The van der Waals surface area contributed by atoms with Gasteiger partial charge in [-0.25, -0.2) is 13.9 Å². The Balaban J connectivity index is 1.92. The minimum Gasteiger partial charge on any atom is -0.466 e. The number of hydrogen-bond acceptors (Lipinski definition) is 12. The first-order chi connectivity index (χ1) is 23.6. The number of nitriles is 1. The van der Waals surface area contributed by atoms with Crippen LogP contribution >= 0.6 is 7.75 Å². The zero-order chi connectivity index (χ0) is 37.1. The number of nitrogens with zero attached hydrogens (tertiary/aromatic N) is 2. The van der Waals surface area contributed by atoms with E-state index in [1.165, 1.54) is 36.4 Å². The molecule has 0 radical (unpaired) electrons. The summed E-state index contributed by atoms with van der Waals surface area (Å²) < 4.78 is 57.7. The number of esters is 2. The quantitative estimate of drug-likeness (QED) is 0.0528. The minimum atomic E-state index is -4.90. The fraction of sp³-hybridized carbons (Fsp3) is 0.531. The maximum absolute atomic E-state index is 16.5. The second kappa shape index (κ2) is 17.7. The van der Waals surface area contributed by atoms with Crippen LogP contribution in [0.1, 0.15) is 58.3 Å². The largest absolute Gasteiger partial charge is 0.466 e. The van der Waals surface area contributed by atoms with E-state index in [0.717, 1.165) is 0 Å². The first-order valence-corrected chi connectivity index (χ1v) is 17.4. The van der Waals surface area contributed by atoms with Gasteiger partial charge in [0.2, 0.25) is 5.60 Å². The minimum absolute atomic E-state index is 0.0249. The second-order valence-electron chi connectivity index (χ2n) is 12.4. The molecule has 1 fully saturated rings. The summed E-state index contributed by atoms with van der Waals surface area (Å²) in [5.41, 5.74) is 3.07. The Morgan fingerprint density at radius 3 is 2.38 bits per heavy atom. The zero-order valence-electron chi connectivity index (χ0n) is 28.2. The third kappa shape index (κ3) is 10.4. The van der Waals surface area contributed by atoms with Gasteiger partial charge < -0.3 is 39.7 Å². The van der Waals surface area contributed by atoms with Crippen LogP contribution in [0.2, 0.25) is 0 Å². The van der Waals surface area contributed by atoms with E-state index in [9.17, 15) is 29.6 Å². The number of aliphatic imine (C=N–C) groups is 1. The summed E-state index contributed by atoms with van der Waals surface area (Å²) in [4.78, 5) is 32.2. The number of ether oxygens (including phenoxy) is 3. The van der Waals surface area contributed by atoms with Gasteiger partial charge in [-0.3, -0.25) is 19.5 Å². The van der Waals surface area contributed by atoms with Crippen molar-refractivity contribution in [2.75, 3.05) is 19.8 Å². The summed E-state index contributed by atoms with van der Waals surface area (Å²) in [7, 11) is -4.90. The van der Waals surface area contributed by atoms with Crippen LogP contribution in [-0.4, -0.2) is 83.2 Å². The summed E-state index contributed by atoms with van der Waals surface area (Å²) >= 11 is 0. The van der Waals surface area contributed by atoms with Crippen LogP contribution in [-0.2, 0) is 38.5 Å². The lowest BCUT2D eigenvalue weighted by Crippen LogP contribution is -2.45. The van der Waals surface area contributed by atoms with Crippen molar-refractivity contribution in [1.82, 2.24) is 10.1 Å². The molecule has 6 atom stereocenters. The second-order valence-corrected chi connectivity index (χ2v) is 14.1. The molecule has 0 amide bonds. The summed E-state index contributed by atoms with van der Waals surface area (Å²) in [6.07, 6.45) is -3.63. The molecule has 1 aliphatic rings. The third-order valence-electron chi connectivity index (χ3n) is 7.49. The topological polar surface area (TPSA) is 252 Å². The van der Waals surface area contributed by atoms with E-state index < -0.39 is 62.4 Å². The molecular formula is C32H44FN6O10P. The fourth-order valence-electron chi connectivity index (χ4n) is 4.61. The van der Waals surface area contributed by atoms with E-state index in [4.69, 9.17) is 34.4 Å². The van der Waals surface area contributed by atoms with Gasteiger partial charge in [-0.1, -0.05) is 45.9 Å². The standard InChI is InChI=1S/C32H44FN6O10P/c1-20(2)12-14-45-26(40)16-24(30(43)46-15-13-21(3)4)39-50(44,48-22-8-6-5-7-9-22)47-18-32(33)28(42)27(41)31(17-34,49-32)25-11-10-23(38-25)29(36)37-19-35/h5-11,19-21,24,27-28,38,41-42H,12-16,18H2,1-4H3,(H,39,44)(H3,35,36,37)/t24-,27+,28-,31-,32+,50?/m0/s1. The van der Waals surface area contributed by atoms with E-state index in [-0.39, 0.29) is 48.0 Å². The molecule has 3 rings (SSSR count). The lowest BCUT2D eigenvalue weighted by Gasteiger charge is -2.28. The van der Waals surface area contributed by atoms with E-state index in [1.807, 2.05) is 27.7 Å². The molecule has 274 valence electrons. The molecule has 1 aromatic heterocycles. The smallest absolute Gasteiger partial charge is 0.459 e. The highest BCUT2D eigenvalue weighted by atomic mass is 31.2. The van der Waals surface area contributed by atoms with Crippen LogP contribution in [0.3, 0.4) is 0 Å². The maximum atomic E-state index is 16.5. The van der Waals surface area contributed by atoms with Crippen molar-refractivity contribution >= 4 is 31.9 Å². The summed E-state index contributed by atoms with van der Waals surface area (Å²) in [5, 5.41) is 41.3. The molecule has 2 heterocycles. The first-order valence-electron chi connectivity index (χ1n) is 15.9. The first kappa shape index (κ1) is 40.3. The van der Waals surface area contributed by atoms with Crippen molar-refractivity contribution in [3.63, 3.8) is 0 Å². The molecule has 0 spiro atoms. The Hall–Kier alpha value is -4.17. The number of aromatic amines is 1. The number of amidine groups is 1. The number of nitrogens with one attached hydrogen (secondary N) is 3. The molecule has 1 aromatic carbocycles. The normalized spacial score (nSPS) is 24.0. The molecule has 1 saturated heterocycles. The van der Waals surface area contributed by atoms with Crippen LogP contribution in [0.5, 0.6) is 5.75 Å².